The van der Waals surface area contributed by atoms with Gasteiger partial charge in [0.25, 0.3) is 0 Å². The van der Waals surface area contributed by atoms with Crippen LogP contribution in [0.2, 0.25) is 5.02 Å². The van der Waals surface area contributed by atoms with Crippen LogP contribution in [0.4, 0.5) is 5.69 Å². The van der Waals surface area contributed by atoms with Gasteiger partial charge in [0.05, 0.1) is 5.54 Å². The average molecular weight is 363 g/mol. The van der Waals surface area contributed by atoms with E-state index in [-0.39, 0.29) is 5.91 Å². The first-order valence-electron chi connectivity index (χ1n) is 9.38. The molecular weight excluding hydrogens is 336 g/mol. The van der Waals surface area contributed by atoms with E-state index in [2.05, 4.69) is 15.9 Å². The van der Waals surface area contributed by atoms with Gasteiger partial charge in [-0.15, -0.1) is 0 Å². The largest absolute Gasteiger partial charge is 0.369 e. The predicted octanol–water partition coefficient (Wildman–Crippen LogP) is 1.94. The lowest BCUT2D eigenvalue weighted by Gasteiger charge is -2.44. The number of carbonyl (C=O) groups excluding carboxylic acids is 1. The predicted molar refractivity (Wildman–Crippen MR) is 101 cm³/mol. The van der Waals surface area contributed by atoms with Gasteiger partial charge in [-0.2, -0.15) is 0 Å². The fraction of sp³-hybridized carbons (Fsp3) is 0.632. The number of amides is 1. The van der Waals surface area contributed by atoms with Crippen molar-refractivity contribution in [3.63, 3.8) is 0 Å². The SMILES string of the molecule is NC1(C(=O)N2CCCC(N3CCN(c4cccc(Cl)c4)CC3)C2)CC1. The summed E-state index contributed by atoms with van der Waals surface area (Å²) in [5.41, 5.74) is 6.78. The number of anilines is 1. The minimum Gasteiger partial charge on any atom is -0.369 e. The van der Waals surface area contributed by atoms with E-state index in [1.165, 1.54) is 12.1 Å². The lowest BCUT2D eigenvalue weighted by molar-refractivity contribution is -0.135. The minimum absolute atomic E-state index is 0.176. The first-order chi connectivity index (χ1) is 12.0. The zero-order valence-corrected chi connectivity index (χ0v) is 15.4. The van der Waals surface area contributed by atoms with Gasteiger partial charge < -0.3 is 15.5 Å². The highest BCUT2D eigenvalue weighted by Gasteiger charge is 2.49. The minimum atomic E-state index is -0.535. The molecule has 1 aliphatic carbocycles. The third kappa shape index (κ3) is 3.64. The molecule has 1 saturated carbocycles. The zero-order valence-electron chi connectivity index (χ0n) is 14.7. The Balaban J connectivity index is 1.33. The number of piperazine rings is 1. The Hall–Kier alpha value is -1.30. The summed E-state index contributed by atoms with van der Waals surface area (Å²) in [6.07, 6.45) is 3.97. The van der Waals surface area contributed by atoms with Crippen LogP contribution in [-0.4, -0.2) is 66.6 Å². The summed E-state index contributed by atoms with van der Waals surface area (Å²) in [4.78, 5) is 19.5. The van der Waals surface area contributed by atoms with Gasteiger partial charge in [0.15, 0.2) is 0 Å². The van der Waals surface area contributed by atoms with Crippen LogP contribution in [0.5, 0.6) is 0 Å². The standard InChI is InChI=1S/C19H27ClN4O/c20-15-3-1-4-16(13-15)22-9-11-23(12-10-22)17-5-2-8-24(14-17)18(25)19(21)6-7-19/h1,3-4,13,17H,2,5-12,14,21H2. The molecule has 2 saturated heterocycles. The van der Waals surface area contributed by atoms with Crippen LogP contribution in [0.3, 0.4) is 0 Å². The van der Waals surface area contributed by atoms with Crippen molar-refractivity contribution in [3.05, 3.63) is 29.3 Å². The van der Waals surface area contributed by atoms with Crippen molar-refractivity contribution in [2.45, 2.75) is 37.3 Å². The Morgan fingerprint density at radius 1 is 1.16 bits per heavy atom. The van der Waals surface area contributed by atoms with E-state index in [0.29, 0.717) is 6.04 Å². The molecule has 1 aromatic rings. The summed E-state index contributed by atoms with van der Waals surface area (Å²) >= 11 is 6.12. The fourth-order valence-corrected chi connectivity index (χ4v) is 4.30. The number of rotatable bonds is 3. The summed E-state index contributed by atoms with van der Waals surface area (Å²) in [5.74, 6) is 0.176. The molecular formula is C19H27ClN4O. The van der Waals surface area contributed by atoms with E-state index in [4.69, 9.17) is 17.3 Å². The second-order valence-corrected chi connectivity index (χ2v) is 8.14. The van der Waals surface area contributed by atoms with Gasteiger partial charge in [0.2, 0.25) is 5.91 Å². The molecule has 1 unspecified atom stereocenters. The molecule has 6 heteroatoms. The van der Waals surface area contributed by atoms with Crippen LogP contribution >= 0.6 is 11.6 Å². The van der Waals surface area contributed by atoms with Crippen LogP contribution < -0.4 is 10.6 Å². The molecule has 0 aromatic heterocycles. The number of nitrogens with zero attached hydrogens (tertiary/aromatic N) is 3. The highest BCUT2D eigenvalue weighted by atomic mass is 35.5. The van der Waals surface area contributed by atoms with E-state index < -0.39 is 5.54 Å². The Morgan fingerprint density at radius 2 is 1.92 bits per heavy atom. The van der Waals surface area contributed by atoms with Crippen LogP contribution in [0.15, 0.2) is 24.3 Å². The van der Waals surface area contributed by atoms with Gasteiger partial charge in [-0.25, -0.2) is 0 Å². The third-order valence-corrected chi connectivity index (χ3v) is 6.14. The van der Waals surface area contributed by atoms with E-state index in [1.54, 1.807) is 0 Å². The van der Waals surface area contributed by atoms with E-state index in [9.17, 15) is 4.79 Å². The van der Waals surface area contributed by atoms with Gasteiger partial charge in [-0.3, -0.25) is 9.69 Å². The first kappa shape index (κ1) is 17.1. The molecule has 5 nitrogen and oxygen atoms in total. The number of carbonyl (C=O) groups is 1. The molecule has 1 aromatic carbocycles. The third-order valence-electron chi connectivity index (χ3n) is 5.90. The van der Waals surface area contributed by atoms with Crippen LogP contribution in [0.25, 0.3) is 0 Å². The highest BCUT2D eigenvalue weighted by molar-refractivity contribution is 6.30. The van der Waals surface area contributed by atoms with E-state index in [1.807, 2.05) is 23.1 Å². The summed E-state index contributed by atoms with van der Waals surface area (Å²) in [7, 11) is 0. The van der Waals surface area contributed by atoms with Crippen LogP contribution in [-0.2, 0) is 4.79 Å². The fourth-order valence-electron chi connectivity index (χ4n) is 4.12. The van der Waals surface area contributed by atoms with E-state index in [0.717, 1.165) is 63.6 Å². The smallest absolute Gasteiger partial charge is 0.242 e. The van der Waals surface area contributed by atoms with Gasteiger partial charge in [0.1, 0.15) is 0 Å². The molecule has 3 aliphatic rings. The maximum atomic E-state index is 12.5. The van der Waals surface area contributed by atoms with Crippen LogP contribution in [0.1, 0.15) is 25.7 Å². The number of hydrogen-bond donors (Lipinski definition) is 1. The molecule has 2 aliphatic heterocycles. The molecule has 0 bridgehead atoms. The lowest BCUT2D eigenvalue weighted by Crippen LogP contribution is -2.58. The molecule has 1 atom stereocenters. The number of halogens is 1. The van der Waals surface area contributed by atoms with Crippen molar-refractivity contribution < 1.29 is 4.79 Å². The molecule has 136 valence electrons. The van der Waals surface area contributed by atoms with Gasteiger partial charge in [-0.05, 0) is 43.9 Å². The van der Waals surface area contributed by atoms with Gasteiger partial charge >= 0.3 is 0 Å². The van der Waals surface area contributed by atoms with E-state index >= 15 is 0 Å². The second-order valence-electron chi connectivity index (χ2n) is 7.71. The number of nitrogens with two attached hydrogens (primary N) is 1. The maximum absolute atomic E-state index is 12.5. The molecule has 2 heterocycles. The highest BCUT2D eigenvalue weighted by Crippen LogP contribution is 2.35. The van der Waals surface area contributed by atoms with Crippen molar-refractivity contribution in [2.75, 3.05) is 44.2 Å². The molecule has 2 N–H and O–H groups in total. The van der Waals surface area contributed by atoms with Crippen molar-refractivity contribution in [1.29, 1.82) is 0 Å². The Morgan fingerprint density at radius 3 is 2.60 bits per heavy atom. The lowest BCUT2D eigenvalue weighted by atomic mass is 10.0. The Bertz CT molecular complexity index is 640. The second kappa shape index (κ2) is 6.78. The molecule has 4 rings (SSSR count). The topological polar surface area (TPSA) is 52.8 Å². The van der Waals surface area contributed by atoms with Gasteiger partial charge in [-0.1, -0.05) is 17.7 Å². The molecule has 1 amide bonds. The molecule has 3 fully saturated rings. The van der Waals surface area contributed by atoms with Crippen molar-refractivity contribution in [3.8, 4) is 0 Å². The first-order valence-corrected chi connectivity index (χ1v) is 9.76. The summed E-state index contributed by atoms with van der Waals surface area (Å²) in [6, 6.07) is 8.56. The quantitative estimate of drug-likeness (QED) is 0.892. The number of likely N-dealkylation sites (tertiary alicyclic amines) is 1. The Labute approximate surface area is 154 Å². The molecule has 0 spiro atoms. The monoisotopic (exact) mass is 362 g/mol. The molecule has 25 heavy (non-hydrogen) atoms. The van der Waals surface area contributed by atoms with Crippen molar-refractivity contribution >= 4 is 23.2 Å². The molecule has 0 radical (unpaired) electrons. The number of piperidine rings is 1. The number of hydrogen-bond acceptors (Lipinski definition) is 4. The summed E-state index contributed by atoms with van der Waals surface area (Å²) in [6.45, 7) is 5.79. The average Bonchev–Trinajstić information content (AvgIpc) is 3.40. The van der Waals surface area contributed by atoms with Gasteiger partial charge in [0, 0.05) is 56.0 Å². The Kier molecular flexibility index (Phi) is 4.65. The maximum Gasteiger partial charge on any atom is 0.242 e. The zero-order chi connectivity index (χ0) is 17.4. The number of benzene rings is 1. The summed E-state index contributed by atoms with van der Waals surface area (Å²) < 4.78 is 0. The summed E-state index contributed by atoms with van der Waals surface area (Å²) in [5, 5.41) is 0.789. The van der Waals surface area contributed by atoms with Crippen molar-refractivity contribution in [2.24, 2.45) is 5.73 Å². The normalized spacial score (nSPS) is 26.6. The van der Waals surface area contributed by atoms with Crippen molar-refractivity contribution in [1.82, 2.24) is 9.80 Å². The van der Waals surface area contributed by atoms with Crippen LogP contribution in [0, 0.1) is 0 Å².